The number of furan rings is 1. The molecule has 2 rings (SSSR count). The normalized spacial score (nSPS) is 11.0. The number of guanidine groups is 1. The number of carbonyl (C=O) groups excluding carboxylic acids is 1. The summed E-state index contributed by atoms with van der Waals surface area (Å²) in [6.45, 7) is 6.51. The van der Waals surface area contributed by atoms with E-state index in [0.29, 0.717) is 24.8 Å². The standard InChI is InChI=1S/C15H23N7O2.HI/c1-3-13-21-20-10-22(13)8-7-18-15(17-4-2)19-9-11-5-6-12(24-11)14(16)23;/h5-6,10H,3-4,7-9H2,1-2H3,(H2,16,23)(H2,17,18,19);1H. The molecule has 2 heterocycles. The van der Waals surface area contributed by atoms with Crippen LogP contribution >= 0.6 is 24.0 Å². The fourth-order valence-electron chi connectivity index (χ4n) is 2.13. The first-order chi connectivity index (χ1) is 11.6. The van der Waals surface area contributed by atoms with Gasteiger partial charge < -0.3 is 25.4 Å². The van der Waals surface area contributed by atoms with Crippen LogP contribution in [0, 0.1) is 0 Å². The number of aliphatic imine (C=N–C) groups is 1. The number of nitrogens with two attached hydrogens (primary N) is 1. The van der Waals surface area contributed by atoms with Gasteiger partial charge in [-0.15, -0.1) is 34.2 Å². The zero-order valence-electron chi connectivity index (χ0n) is 14.4. The molecular weight excluding hydrogens is 437 g/mol. The fourth-order valence-corrected chi connectivity index (χ4v) is 2.13. The van der Waals surface area contributed by atoms with E-state index in [-0.39, 0.29) is 29.7 Å². The van der Waals surface area contributed by atoms with Crippen molar-refractivity contribution in [3.05, 3.63) is 35.8 Å². The van der Waals surface area contributed by atoms with E-state index in [4.69, 9.17) is 10.2 Å². The van der Waals surface area contributed by atoms with Crippen molar-refractivity contribution in [3.63, 3.8) is 0 Å². The predicted molar refractivity (Wildman–Crippen MR) is 105 cm³/mol. The predicted octanol–water partition coefficient (Wildman–Crippen LogP) is 0.906. The van der Waals surface area contributed by atoms with Crippen LogP contribution in [0.3, 0.4) is 0 Å². The van der Waals surface area contributed by atoms with Crippen LogP contribution in [0.25, 0.3) is 0 Å². The van der Waals surface area contributed by atoms with E-state index < -0.39 is 5.91 Å². The van der Waals surface area contributed by atoms with Crippen molar-refractivity contribution in [1.29, 1.82) is 0 Å². The van der Waals surface area contributed by atoms with E-state index in [1.54, 1.807) is 18.5 Å². The molecule has 0 aliphatic carbocycles. The van der Waals surface area contributed by atoms with Gasteiger partial charge in [-0.25, -0.2) is 4.99 Å². The molecule has 1 amide bonds. The third-order valence-corrected chi connectivity index (χ3v) is 3.30. The summed E-state index contributed by atoms with van der Waals surface area (Å²) in [5, 5.41) is 14.4. The summed E-state index contributed by atoms with van der Waals surface area (Å²) in [5.41, 5.74) is 5.16. The monoisotopic (exact) mass is 461 g/mol. The van der Waals surface area contributed by atoms with Gasteiger partial charge in [0, 0.05) is 26.1 Å². The molecule has 0 unspecified atom stereocenters. The molecule has 0 saturated heterocycles. The quantitative estimate of drug-likeness (QED) is 0.305. The molecule has 9 nitrogen and oxygen atoms in total. The minimum atomic E-state index is -0.587. The highest BCUT2D eigenvalue weighted by molar-refractivity contribution is 14.0. The molecule has 138 valence electrons. The number of nitrogens with zero attached hydrogens (tertiary/aromatic N) is 4. The molecule has 2 aromatic heterocycles. The van der Waals surface area contributed by atoms with Crippen molar-refractivity contribution in [2.45, 2.75) is 33.4 Å². The van der Waals surface area contributed by atoms with Gasteiger partial charge in [-0.3, -0.25) is 4.79 Å². The molecule has 0 atom stereocenters. The average Bonchev–Trinajstić information content (AvgIpc) is 3.21. The second-order valence-electron chi connectivity index (χ2n) is 5.05. The Hall–Kier alpha value is -2.11. The number of amides is 1. The zero-order chi connectivity index (χ0) is 17.4. The van der Waals surface area contributed by atoms with E-state index in [1.807, 2.05) is 18.4 Å². The van der Waals surface area contributed by atoms with Crippen LogP contribution in [0.15, 0.2) is 27.9 Å². The molecule has 0 aliphatic heterocycles. The maximum atomic E-state index is 11.0. The van der Waals surface area contributed by atoms with E-state index in [0.717, 1.165) is 25.3 Å². The number of primary amides is 1. The molecule has 10 heteroatoms. The van der Waals surface area contributed by atoms with E-state index >= 15 is 0 Å². The highest BCUT2D eigenvalue weighted by atomic mass is 127. The summed E-state index contributed by atoms with van der Waals surface area (Å²) in [5.74, 6) is 1.75. The molecule has 0 saturated carbocycles. The molecule has 25 heavy (non-hydrogen) atoms. The summed E-state index contributed by atoms with van der Waals surface area (Å²) in [6, 6.07) is 3.24. The van der Waals surface area contributed by atoms with Gasteiger partial charge >= 0.3 is 0 Å². The van der Waals surface area contributed by atoms with E-state index in [2.05, 4.69) is 25.8 Å². The summed E-state index contributed by atoms with van der Waals surface area (Å²) < 4.78 is 7.31. The lowest BCUT2D eigenvalue weighted by molar-refractivity contribution is 0.0972. The number of halogens is 1. The van der Waals surface area contributed by atoms with Crippen LogP contribution in [-0.4, -0.2) is 39.7 Å². The van der Waals surface area contributed by atoms with Gasteiger partial charge in [0.2, 0.25) is 0 Å². The Labute approximate surface area is 163 Å². The smallest absolute Gasteiger partial charge is 0.284 e. The number of aryl methyl sites for hydroxylation is 1. The molecule has 2 aromatic rings. The van der Waals surface area contributed by atoms with Crippen LogP contribution in [0.1, 0.15) is 36.0 Å². The summed E-state index contributed by atoms with van der Waals surface area (Å²) in [7, 11) is 0. The third kappa shape index (κ3) is 6.36. The first-order valence-electron chi connectivity index (χ1n) is 7.91. The molecule has 0 radical (unpaired) electrons. The Morgan fingerprint density at radius 2 is 2.16 bits per heavy atom. The fraction of sp³-hybridized carbons (Fsp3) is 0.467. The Morgan fingerprint density at radius 3 is 2.80 bits per heavy atom. The lowest BCUT2D eigenvalue weighted by Crippen LogP contribution is -2.38. The van der Waals surface area contributed by atoms with Crippen LogP contribution in [-0.2, 0) is 19.5 Å². The number of aromatic nitrogens is 3. The van der Waals surface area contributed by atoms with Gasteiger partial charge in [-0.05, 0) is 19.1 Å². The maximum absolute atomic E-state index is 11.0. The van der Waals surface area contributed by atoms with Crippen molar-refractivity contribution in [3.8, 4) is 0 Å². The Bertz CT molecular complexity index is 696. The van der Waals surface area contributed by atoms with Crippen LogP contribution in [0.4, 0.5) is 0 Å². The van der Waals surface area contributed by atoms with Crippen LogP contribution in [0.5, 0.6) is 0 Å². The maximum Gasteiger partial charge on any atom is 0.284 e. The largest absolute Gasteiger partial charge is 0.454 e. The van der Waals surface area contributed by atoms with Crippen molar-refractivity contribution < 1.29 is 9.21 Å². The van der Waals surface area contributed by atoms with Crippen LogP contribution < -0.4 is 16.4 Å². The lowest BCUT2D eigenvalue weighted by Gasteiger charge is -2.11. The third-order valence-electron chi connectivity index (χ3n) is 3.30. The van der Waals surface area contributed by atoms with Crippen molar-refractivity contribution in [2.75, 3.05) is 13.1 Å². The van der Waals surface area contributed by atoms with Crippen molar-refractivity contribution in [1.82, 2.24) is 25.4 Å². The van der Waals surface area contributed by atoms with E-state index in [9.17, 15) is 4.79 Å². The minimum absolute atomic E-state index is 0. The summed E-state index contributed by atoms with van der Waals surface area (Å²) in [4.78, 5) is 15.4. The van der Waals surface area contributed by atoms with Crippen LogP contribution in [0.2, 0.25) is 0 Å². The van der Waals surface area contributed by atoms with Gasteiger partial charge in [0.15, 0.2) is 11.7 Å². The molecule has 0 fully saturated rings. The lowest BCUT2D eigenvalue weighted by atomic mass is 10.4. The Kier molecular flexibility index (Phi) is 8.95. The first-order valence-corrected chi connectivity index (χ1v) is 7.91. The molecule has 0 spiro atoms. The van der Waals surface area contributed by atoms with Gasteiger partial charge in [-0.2, -0.15) is 0 Å². The highest BCUT2D eigenvalue weighted by Gasteiger charge is 2.07. The Morgan fingerprint density at radius 1 is 1.36 bits per heavy atom. The summed E-state index contributed by atoms with van der Waals surface area (Å²) >= 11 is 0. The number of rotatable bonds is 8. The second kappa shape index (κ2) is 10.7. The van der Waals surface area contributed by atoms with Gasteiger partial charge in [0.25, 0.3) is 5.91 Å². The number of hydrogen-bond donors (Lipinski definition) is 3. The summed E-state index contributed by atoms with van der Waals surface area (Å²) in [6.07, 6.45) is 2.56. The second-order valence-corrected chi connectivity index (χ2v) is 5.05. The zero-order valence-corrected chi connectivity index (χ0v) is 16.7. The molecule has 4 N–H and O–H groups in total. The average molecular weight is 461 g/mol. The molecular formula is C15H24IN7O2. The van der Waals surface area contributed by atoms with Gasteiger partial charge in [0.05, 0.1) is 0 Å². The van der Waals surface area contributed by atoms with Gasteiger partial charge in [-0.1, -0.05) is 6.92 Å². The van der Waals surface area contributed by atoms with Gasteiger partial charge in [0.1, 0.15) is 24.5 Å². The SMILES string of the molecule is CCNC(=NCc1ccc(C(N)=O)o1)NCCn1cnnc1CC.I. The highest BCUT2D eigenvalue weighted by Crippen LogP contribution is 2.08. The minimum Gasteiger partial charge on any atom is -0.454 e. The first kappa shape index (κ1) is 20.9. The van der Waals surface area contributed by atoms with E-state index in [1.165, 1.54) is 0 Å². The topological polar surface area (TPSA) is 123 Å². The Balaban J connectivity index is 0.00000312. The number of hydrogen-bond acceptors (Lipinski definition) is 5. The molecule has 0 aromatic carbocycles. The number of carbonyl (C=O) groups is 1. The van der Waals surface area contributed by atoms with Crippen molar-refractivity contribution in [2.24, 2.45) is 10.7 Å². The molecule has 0 aliphatic rings. The van der Waals surface area contributed by atoms with Crippen molar-refractivity contribution >= 4 is 35.8 Å². The molecule has 0 bridgehead atoms. The number of nitrogens with one attached hydrogen (secondary N) is 2.